The van der Waals surface area contributed by atoms with Crippen LogP contribution in [0.5, 0.6) is 5.75 Å². The van der Waals surface area contributed by atoms with Crippen molar-refractivity contribution in [2.75, 3.05) is 18.5 Å². The molecule has 7 heteroatoms. The van der Waals surface area contributed by atoms with Crippen molar-refractivity contribution < 1.29 is 19.1 Å². The summed E-state index contributed by atoms with van der Waals surface area (Å²) in [5.41, 5.74) is 2.58. The number of thioether (sulfide) groups is 1. The van der Waals surface area contributed by atoms with Crippen molar-refractivity contribution >= 4 is 40.6 Å². The monoisotopic (exact) mass is 452 g/mol. The Morgan fingerprint density at radius 3 is 2.41 bits per heavy atom. The quantitative estimate of drug-likeness (QED) is 0.392. The molecule has 2 aromatic carbocycles. The molecule has 0 radical (unpaired) electrons. The summed E-state index contributed by atoms with van der Waals surface area (Å²) in [5, 5.41) is 2.29. The fourth-order valence-electron chi connectivity index (χ4n) is 3.08. The highest BCUT2D eigenvalue weighted by Crippen LogP contribution is 2.32. The number of rotatable bonds is 9. The molecule has 0 spiro atoms. The van der Waals surface area contributed by atoms with Crippen molar-refractivity contribution in [1.29, 1.82) is 0 Å². The highest BCUT2D eigenvalue weighted by molar-refractivity contribution is 8.18. The first-order valence-electron chi connectivity index (χ1n) is 10.8. The number of unbranched alkanes of at least 4 members (excludes halogenated alkanes) is 1. The normalized spacial score (nSPS) is 15.0. The maximum atomic E-state index is 12.7. The number of carbonyl (C=O) groups is 3. The van der Waals surface area contributed by atoms with Gasteiger partial charge in [-0.2, -0.15) is 0 Å². The number of hydrogen-bond acceptors (Lipinski definition) is 5. The highest BCUT2D eigenvalue weighted by Gasteiger charge is 2.36. The number of anilines is 1. The Morgan fingerprint density at radius 2 is 1.78 bits per heavy atom. The van der Waals surface area contributed by atoms with Crippen LogP contribution in [0, 0.1) is 0 Å². The van der Waals surface area contributed by atoms with Gasteiger partial charge in [0.25, 0.3) is 11.1 Å². The summed E-state index contributed by atoms with van der Waals surface area (Å²) in [5.74, 6) is 0.279. The zero-order valence-corrected chi connectivity index (χ0v) is 19.4. The largest absolute Gasteiger partial charge is 0.494 e. The number of hydrogen-bond donors (Lipinski definition) is 1. The molecule has 0 bridgehead atoms. The van der Waals surface area contributed by atoms with E-state index in [9.17, 15) is 14.4 Å². The van der Waals surface area contributed by atoms with E-state index in [0.29, 0.717) is 23.1 Å². The van der Waals surface area contributed by atoms with E-state index in [1.165, 1.54) is 5.56 Å². The zero-order chi connectivity index (χ0) is 23.1. The molecule has 0 unspecified atom stereocenters. The first-order valence-corrected chi connectivity index (χ1v) is 11.6. The van der Waals surface area contributed by atoms with Gasteiger partial charge in [0, 0.05) is 5.69 Å². The molecule has 168 valence electrons. The van der Waals surface area contributed by atoms with Gasteiger partial charge in [-0.05, 0) is 65.6 Å². The Balaban J connectivity index is 1.59. The van der Waals surface area contributed by atoms with Gasteiger partial charge in [-0.3, -0.25) is 19.3 Å². The van der Waals surface area contributed by atoms with Gasteiger partial charge in [0.05, 0.1) is 11.5 Å². The van der Waals surface area contributed by atoms with Crippen LogP contribution in [0.15, 0.2) is 53.4 Å². The average Bonchev–Trinajstić information content (AvgIpc) is 3.03. The molecule has 1 N–H and O–H groups in total. The van der Waals surface area contributed by atoms with Crippen LogP contribution in [0.3, 0.4) is 0 Å². The lowest BCUT2D eigenvalue weighted by molar-refractivity contribution is -0.127. The third-order valence-corrected chi connectivity index (χ3v) is 5.89. The Morgan fingerprint density at radius 1 is 1.09 bits per heavy atom. The highest BCUT2D eigenvalue weighted by atomic mass is 32.2. The summed E-state index contributed by atoms with van der Waals surface area (Å²) in [6.07, 6.45) is 3.71. The molecule has 2 aromatic rings. The minimum Gasteiger partial charge on any atom is -0.494 e. The van der Waals surface area contributed by atoms with E-state index in [2.05, 4.69) is 26.1 Å². The third kappa shape index (κ3) is 6.23. The molecule has 3 amide bonds. The summed E-state index contributed by atoms with van der Waals surface area (Å²) in [6, 6.07) is 14.9. The van der Waals surface area contributed by atoms with Crippen molar-refractivity contribution in [2.24, 2.45) is 0 Å². The second-order valence-electron chi connectivity index (χ2n) is 7.86. The van der Waals surface area contributed by atoms with E-state index in [1.54, 1.807) is 6.08 Å². The molecule has 1 aliphatic heterocycles. The number of amides is 3. The topological polar surface area (TPSA) is 75.7 Å². The maximum Gasteiger partial charge on any atom is 0.294 e. The predicted octanol–water partition coefficient (Wildman–Crippen LogP) is 5.66. The van der Waals surface area contributed by atoms with Crippen LogP contribution in [0.2, 0.25) is 0 Å². The fourth-order valence-corrected chi connectivity index (χ4v) is 3.92. The summed E-state index contributed by atoms with van der Waals surface area (Å²) in [7, 11) is 0. The van der Waals surface area contributed by atoms with Gasteiger partial charge in [-0.1, -0.05) is 51.5 Å². The van der Waals surface area contributed by atoms with Crippen LogP contribution in [0.1, 0.15) is 50.7 Å². The Bertz CT molecular complexity index is 998. The summed E-state index contributed by atoms with van der Waals surface area (Å²) >= 11 is 0.838. The van der Waals surface area contributed by atoms with Crippen molar-refractivity contribution in [1.82, 2.24) is 4.90 Å². The van der Waals surface area contributed by atoms with E-state index in [1.807, 2.05) is 48.5 Å². The van der Waals surface area contributed by atoms with Gasteiger partial charge in [0.2, 0.25) is 5.91 Å². The summed E-state index contributed by atoms with van der Waals surface area (Å²) in [6.45, 7) is 6.64. The van der Waals surface area contributed by atoms with Gasteiger partial charge in [-0.25, -0.2) is 0 Å². The molecule has 0 aromatic heterocycles. The molecule has 0 aliphatic carbocycles. The van der Waals surface area contributed by atoms with Crippen molar-refractivity contribution in [2.45, 2.75) is 39.5 Å². The number of benzene rings is 2. The van der Waals surface area contributed by atoms with E-state index in [4.69, 9.17) is 4.74 Å². The molecular formula is C25H28N2O4S. The van der Waals surface area contributed by atoms with Crippen molar-refractivity contribution in [3.05, 3.63) is 64.6 Å². The number of nitrogens with zero attached hydrogens (tertiary/aromatic N) is 1. The minimum absolute atomic E-state index is 0.295. The van der Waals surface area contributed by atoms with Gasteiger partial charge >= 0.3 is 0 Å². The summed E-state index contributed by atoms with van der Waals surface area (Å²) in [4.78, 5) is 38.7. The van der Waals surface area contributed by atoms with Gasteiger partial charge in [0.15, 0.2) is 0 Å². The number of imide groups is 1. The zero-order valence-electron chi connectivity index (χ0n) is 18.6. The first-order chi connectivity index (χ1) is 15.4. The van der Waals surface area contributed by atoms with Gasteiger partial charge < -0.3 is 10.1 Å². The molecular weight excluding hydrogens is 424 g/mol. The molecule has 1 fully saturated rings. The lowest BCUT2D eigenvalue weighted by Gasteiger charge is -2.13. The van der Waals surface area contributed by atoms with Crippen molar-refractivity contribution in [3.63, 3.8) is 0 Å². The average molecular weight is 453 g/mol. The molecule has 3 rings (SSSR count). The first kappa shape index (κ1) is 23.6. The molecule has 1 saturated heterocycles. The number of nitrogens with one attached hydrogen (secondary N) is 1. The van der Waals surface area contributed by atoms with E-state index < -0.39 is 17.1 Å². The maximum absolute atomic E-state index is 12.7. The molecule has 32 heavy (non-hydrogen) atoms. The van der Waals surface area contributed by atoms with E-state index >= 15 is 0 Å². The van der Waals surface area contributed by atoms with Gasteiger partial charge in [0.1, 0.15) is 12.3 Å². The van der Waals surface area contributed by atoms with E-state index in [0.717, 1.165) is 40.8 Å². The predicted molar refractivity (Wildman–Crippen MR) is 129 cm³/mol. The minimum atomic E-state index is -0.464. The van der Waals surface area contributed by atoms with Crippen LogP contribution in [0.4, 0.5) is 10.5 Å². The molecule has 1 aliphatic rings. The second-order valence-corrected chi connectivity index (χ2v) is 8.86. The molecule has 1 heterocycles. The van der Waals surface area contributed by atoms with Crippen LogP contribution in [-0.2, 0) is 9.59 Å². The van der Waals surface area contributed by atoms with Crippen molar-refractivity contribution in [3.8, 4) is 5.75 Å². The second kappa shape index (κ2) is 11.0. The van der Waals surface area contributed by atoms with Crippen LogP contribution in [0.25, 0.3) is 6.08 Å². The molecule has 0 atom stereocenters. The smallest absolute Gasteiger partial charge is 0.294 e. The molecule has 0 saturated carbocycles. The Kier molecular flexibility index (Phi) is 8.11. The standard InChI is InChI=1S/C25H28N2O4S/c1-4-5-14-31-21-12-6-18(7-13-21)15-22-24(29)27(25(30)32-22)16-23(28)26-20-10-8-19(9-11-20)17(2)3/h6-13,15,17H,4-5,14,16H2,1-3H3,(H,26,28)/b22-15-. The fraction of sp³-hybridized carbons (Fsp3) is 0.320. The lowest BCUT2D eigenvalue weighted by atomic mass is 10.0. The van der Waals surface area contributed by atoms with Crippen LogP contribution >= 0.6 is 11.8 Å². The molecule has 6 nitrogen and oxygen atoms in total. The SMILES string of the molecule is CCCCOc1ccc(/C=C2\SC(=O)N(CC(=O)Nc3ccc(C(C)C)cc3)C2=O)cc1. The van der Waals surface area contributed by atoms with Crippen LogP contribution < -0.4 is 10.1 Å². The third-order valence-electron chi connectivity index (χ3n) is 4.98. The van der Waals surface area contributed by atoms with Crippen LogP contribution in [-0.4, -0.2) is 35.1 Å². The number of ether oxygens (including phenoxy) is 1. The number of carbonyl (C=O) groups excluding carboxylic acids is 3. The van der Waals surface area contributed by atoms with Gasteiger partial charge in [-0.15, -0.1) is 0 Å². The Labute approximate surface area is 193 Å². The lowest BCUT2D eigenvalue weighted by Crippen LogP contribution is -2.36. The summed E-state index contributed by atoms with van der Waals surface area (Å²) < 4.78 is 5.64. The Hall–Kier alpha value is -3.06. The van der Waals surface area contributed by atoms with E-state index in [-0.39, 0.29) is 6.54 Å².